The molecule has 0 radical (unpaired) electrons. The van der Waals surface area contributed by atoms with E-state index in [0.29, 0.717) is 0 Å². The lowest BCUT2D eigenvalue weighted by Crippen LogP contribution is -2.40. The molecule has 1 aliphatic carbocycles. The van der Waals surface area contributed by atoms with Crippen molar-refractivity contribution in [2.75, 3.05) is 25.6 Å². The Bertz CT molecular complexity index is 199. The third-order valence-corrected chi connectivity index (χ3v) is 3.48. The van der Waals surface area contributed by atoms with Gasteiger partial charge >= 0.3 is 0 Å². The fraction of sp³-hybridized carbons (Fsp3) is 0.900. The largest absolute Gasteiger partial charge is 0.345 e. The highest BCUT2D eigenvalue weighted by Gasteiger charge is 2.31. The number of amides is 1. The van der Waals surface area contributed by atoms with E-state index in [2.05, 4.69) is 6.26 Å². The minimum atomic E-state index is 0.0851. The van der Waals surface area contributed by atoms with Crippen LogP contribution in [0.1, 0.15) is 19.3 Å². The van der Waals surface area contributed by atoms with E-state index in [-0.39, 0.29) is 17.9 Å². The van der Waals surface area contributed by atoms with E-state index in [1.807, 2.05) is 11.9 Å². The number of rotatable bonds is 4. The SMILES string of the molecule is CSCCN(C)C(=O)C1CCCC1N. The van der Waals surface area contributed by atoms with Gasteiger partial charge in [-0.3, -0.25) is 4.79 Å². The van der Waals surface area contributed by atoms with E-state index < -0.39 is 0 Å². The summed E-state index contributed by atoms with van der Waals surface area (Å²) < 4.78 is 0. The molecule has 1 aliphatic rings. The zero-order valence-electron chi connectivity index (χ0n) is 9.03. The molecule has 0 aromatic rings. The number of nitrogens with two attached hydrogens (primary N) is 1. The van der Waals surface area contributed by atoms with Crippen LogP contribution in [0.2, 0.25) is 0 Å². The van der Waals surface area contributed by atoms with E-state index in [9.17, 15) is 4.79 Å². The van der Waals surface area contributed by atoms with Gasteiger partial charge in [0.05, 0.1) is 5.92 Å². The number of carbonyl (C=O) groups is 1. The van der Waals surface area contributed by atoms with Crippen molar-refractivity contribution in [2.45, 2.75) is 25.3 Å². The van der Waals surface area contributed by atoms with Gasteiger partial charge in [-0.2, -0.15) is 11.8 Å². The second-order valence-corrected chi connectivity index (χ2v) is 4.94. The van der Waals surface area contributed by atoms with Crippen LogP contribution in [0.4, 0.5) is 0 Å². The standard InChI is InChI=1S/C10H20N2OS/c1-12(6-7-14-2)10(13)8-4-3-5-9(8)11/h8-9H,3-7,11H2,1-2H3. The molecule has 2 atom stereocenters. The Labute approximate surface area is 90.4 Å². The van der Waals surface area contributed by atoms with Gasteiger partial charge in [0.25, 0.3) is 0 Å². The maximum atomic E-state index is 11.9. The molecule has 1 saturated carbocycles. The molecule has 0 saturated heterocycles. The molecule has 0 bridgehead atoms. The van der Waals surface area contributed by atoms with Crippen molar-refractivity contribution in [3.05, 3.63) is 0 Å². The summed E-state index contributed by atoms with van der Waals surface area (Å²) in [6.07, 6.45) is 5.14. The lowest BCUT2D eigenvalue weighted by molar-refractivity contribution is -0.134. The summed E-state index contributed by atoms with van der Waals surface area (Å²) in [6.45, 7) is 0.837. The van der Waals surface area contributed by atoms with E-state index in [4.69, 9.17) is 5.73 Å². The van der Waals surface area contributed by atoms with Crippen molar-refractivity contribution in [2.24, 2.45) is 11.7 Å². The predicted molar refractivity (Wildman–Crippen MR) is 61.3 cm³/mol. The van der Waals surface area contributed by atoms with Crippen LogP contribution in [0.25, 0.3) is 0 Å². The number of hydrogen-bond donors (Lipinski definition) is 1. The summed E-state index contributed by atoms with van der Waals surface area (Å²) >= 11 is 1.77. The zero-order chi connectivity index (χ0) is 10.6. The van der Waals surface area contributed by atoms with Crippen molar-refractivity contribution in [1.82, 2.24) is 4.90 Å². The highest BCUT2D eigenvalue weighted by atomic mass is 32.2. The van der Waals surface area contributed by atoms with Crippen LogP contribution < -0.4 is 5.73 Å². The first kappa shape index (κ1) is 11.9. The molecule has 0 heterocycles. The summed E-state index contributed by atoms with van der Waals surface area (Å²) in [4.78, 5) is 13.7. The third-order valence-electron chi connectivity index (χ3n) is 2.89. The molecule has 0 aromatic heterocycles. The number of hydrogen-bond acceptors (Lipinski definition) is 3. The van der Waals surface area contributed by atoms with Gasteiger partial charge in [0, 0.05) is 25.4 Å². The van der Waals surface area contributed by atoms with Crippen LogP contribution in [-0.2, 0) is 4.79 Å². The molecule has 1 fully saturated rings. The van der Waals surface area contributed by atoms with Gasteiger partial charge in [0.15, 0.2) is 0 Å². The first-order valence-electron chi connectivity index (χ1n) is 5.16. The van der Waals surface area contributed by atoms with Crippen molar-refractivity contribution in [3.63, 3.8) is 0 Å². The molecule has 2 unspecified atom stereocenters. The minimum absolute atomic E-state index is 0.0851. The van der Waals surface area contributed by atoms with Gasteiger partial charge in [0.1, 0.15) is 0 Å². The Hall–Kier alpha value is -0.220. The van der Waals surface area contributed by atoms with Gasteiger partial charge in [-0.1, -0.05) is 6.42 Å². The van der Waals surface area contributed by atoms with Crippen LogP contribution in [0, 0.1) is 5.92 Å². The molecule has 4 heteroatoms. The van der Waals surface area contributed by atoms with Gasteiger partial charge in [-0.15, -0.1) is 0 Å². The highest BCUT2D eigenvalue weighted by molar-refractivity contribution is 7.98. The normalized spacial score (nSPS) is 26.5. The van der Waals surface area contributed by atoms with Crippen LogP contribution in [-0.4, -0.2) is 42.4 Å². The van der Waals surface area contributed by atoms with Crippen LogP contribution in [0.15, 0.2) is 0 Å². The predicted octanol–water partition coefficient (Wildman–Crippen LogP) is 0.935. The Kier molecular flexibility index (Phi) is 4.75. The number of carbonyl (C=O) groups excluding carboxylic acids is 1. The second kappa shape index (κ2) is 5.61. The van der Waals surface area contributed by atoms with Gasteiger partial charge in [-0.05, 0) is 19.1 Å². The van der Waals surface area contributed by atoms with Crippen LogP contribution >= 0.6 is 11.8 Å². The average Bonchev–Trinajstić information content (AvgIpc) is 2.59. The van der Waals surface area contributed by atoms with Gasteiger partial charge < -0.3 is 10.6 Å². The van der Waals surface area contributed by atoms with E-state index in [1.54, 1.807) is 11.8 Å². The lowest BCUT2D eigenvalue weighted by Gasteiger charge is -2.22. The van der Waals surface area contributed by atoms with E-state index >= 15 is 0 Å². The van der Waals surface area contributed by atoms with Crippen LogP contribution in [0.3, 0.4) is 0 Å². The van der Waals surface area contributed by atoms with Gasteiger partial charge in [-0.25, -0.2) is 0 Å². The molecule has 0 aliphatic heterocycles. The minimum Gasteiger partial charge on any atom is -0.345 e. The van der Waals surface area contributed by atoms with Gasteiger partial charge in [0.2, 0.25) is 5.91 Å². The monoisotopic (exact) mass is 216 g/mol. The second-order valence-electron chi connectivity index (χ2n) is 3.95. The summed E-state index contributed by atoms with van der Waals surface area (Å²) in [7, 11) is 1.88. The maximum absolute atomic E-state index is 11.9. The Balaban J connectivity index is 2.39. The molecule has 0 aromatic carbocycles. The van der Waals surface area contributed by atoms with Crippen molar-refractivity contribution >= 4 is 17.7 Å². The Morgan fingerprint density at radius 1 is 1.57 bits per heavy atom. The molecular weight excluding hydrogens is 196 g/mol. The highest BCUT2D eigenvalue weighted by Crippen LogP contribution is 2.25. The summed E-state index contributed by atoms with van der Waals surface area (Å²) in [5, 5.41) is 0. The molecule has 82 valence electrons. The molecule has 14 heavy (non-hydrogen) atoms. The van der Waals surface area contributed by atoms with Crippen molar-refractivity contribution in [3.8, 4) is 0 Å². The third kappa shape index (κ3) is 2.89. The summed E-state index contributed by atoms with van der Waals surface area (Å²) in [6, 6.07) is 0.0965. The number of thioether (sulfide) groups is 1. The van der Waals surface area contributed by atoms with Crippen molar-refractivity contribution < 1.29 is 4.79 Å². The quantitative estimate of drug-likeness (QED) is 0.760. The Morgan fingerprint density at radius 2 is 2.29 bits per heavy atom. The molecular formula is C10H20N2OS. The van der Waals surface area contributed by atoms with E-state index in [0.717, 1.165) is 31.6 Å². The molecule has 1 rings (SSSR count). The first-order valence-corrected chi connectivity index (χ1v) is 6.55. The first-order chi connectivity index (χ1) is 6.66. The zero-order valence-corrected chi connectivity index (χ0v) is 9.85. The van der Waals surface area contributed by atoms with Crippen LogP contribution in [0.5, 0.6) is 0 Å². The van der Waals surface area contributed by atoms with Crippen molar-refractivity contribution in [1.29, 1.82) is 0 Å². The van der Waals surface area contributed by atoms with E-state index in [1.165, 1.54) is 0 Å². The molecule has 0 spiro atoms. The fourth-order valence-corrected chi connectivity index (χ4v) is 2.37. The molecule has 2 N–H and O–H groups in total. The fourth-order valence-electron chi connectivity index (χ4n) is 1.92. The lowest BCUT2D eigenvalue weighted by atomic mass is 10.0. The Morgan fingerprint density at radius 3 is 2.79 bits per heavy atom. The molecule has 1 amide bonds. The topological polar surface area (TPSA) is 46.3 Å². The smallest absolute Gasteiger partial charge is 0.227 e. The average molecular weight is 216 g/mol. The molecule has 3 nitrogen and oxygen atoms in total. The number of nitrogens with zero attached hydrogens (tertiary/aromatic N) is 1. The summed E-state index contributed by atoms with van der Waals surface area (Å²) in [5.74, 6) is 1.33. The summed E-state index contributed by atoms with van der Waals surface area (Å²) in [5.41, 5.74) is 5.89. The maximum Gasteiger partial charge on any atom is 0.227 e.